The van der Waals surface area contributed by atoms with Gasteiger partial charge in [0.2, 0.25) is 0 Å². The van der Waals surface area contributed by atoms with E-state index in [4.69, 9.17) is 5.11 Å². The minimum absolute atomic E-state index is 0.0421. The largest absolute Gasteiger partial charge is 0.480 e. The quantitative estimate of drug-likeness (QED) is 0.852. The lowest BCUT2D eigenvalue weighted by Gasteiger charge is -2.22. The summed E-state index contributed by atoms with van der Waals surface area (Å²) >= 11 is 0. The molecular weight excluding hydrogens is 254 g/mol. The summed E-state index contributed by atoms with van der Waals surface area (Å²) in [6, 6.07) is 6.07. The highest BCUT2D eigenvalue weighted by molar-refractivity contribution is 7.91. The molecule has 0 aromatic heterocycles. The Bertz CT molecular complexity index is 532. The van der Waals surface area contributed by atoms with Crippen LogP contribution in [-0.2, 0) is 14.6 Å². The van der Waals surface area contributed by atoms with E-state index in [-0.39, 0.29) is 10.6 Å². The van der Waals surface area contributed by atoms with E-state index in [1.54, 1.807) is 19.1 Å². The summed E-state index contributed by atoms with van der Waals surface area (Å²) in [5.74, 6) is -0.937. The van der Waals surface area contributed by atoms with Crippen molar-refractivity contribution in [3.63, 3.8) is 0 Å². The number of rotatable bonds is 5. The molecule has 6 heteroatoms. The van der Waals surface area contributed by atoms with Gasteiger partial charge in [-0.3, -0.25) is 0 Å². The molecule has 0 fully saturated rings. The molecule has 0 atom stereocenters. The Morgan fingerprint density at radius 1 is 1.28 bits per heavy atom. The molecular formula is C12H17NO4S. The van der Waals surface area contributed by atoms with Crippen LogP contribution in [0, 0.1) is 0 Å². The summed E-state index contributed by atoms with van der Waals surface area (Å²) in [6.45, 7) is 4.65. The lowest BCUT2D eigenvalue weighted by atomic mass is 10.1. The van der Waals surface area contributed by atoms with E-state index >= 15 is 0 Å². The monoisotopic (exact) mass is 271 g/mol. The van der Waals surface area contributed by atoms with Gasteiger partial charge in [0.05, 0.1) is 10.6 Å². The standard InChI is InChI=1S/C12H17NO4S/c1-4-18(16,17)10-7-5-9(6-8-10)13-12(2,3)11(14)15/h5-8,13H,4H2,1-3H3,(H,14,15). The predicted octanol–water partition coefficient (Wildman–Crippen LogP) is 1.76. The van der Waals surface area contributed by atoms with Crippen LogP contribution >= 0.6 is 0 Å². The average Bonchev–Trinajstić information content (AvgIpc) is 2.29. The van der Waals surface area contributed by atoms with Crippen LogP contribution in [0.5, 0.6) is 0 Å². The van der Waals surface area contributed by atoms with Crippen LogP contribution in [-0.4, -0.2) is 30.8 Å². The number of aliphatic carboxylic acids is 1. The van der Waals surface area contributed by atoms with Crippen molar-refractivity contribution in [2.24, 2.45) is 0 Å². The first-order chi connectivity index (χ1) is 8.19. The normalized spacial score (nSPS) is 12.2. The average molecular weight is 271 g/mol. The predicted molar refractivity (Wildman–Crippen MR) is 69.5 cm³/mol. The summed E-state index contributed by atoms with van der Waals surface area (Å²) < 4.78 is 23.2. The maximum absolute atomic E-state index is 11.6. The van der Waals surface area contributed by atoms with Gasteiger partial charge in [-0.05, 0) is 38.1 Å². The zero-order valence-corrected chi connectivity index (χ0v) is 11.4. The maximum Gasteiger partial charge on any atom is 0.328 e. The Labute approximate surface area is 107 Å². The summed E-state index contributed by atoms with van der Waals surface area (Å²) in [4.78, 5) is 11.2. The van der Waals surface area contributed by atoms with Gasteiger partial charge in [-0.25, -0.2) is 13.2 Å². The molecule has 0 aliphatic rings. The minimum atomic E-state index is -3.22. The summed E-state index contributed by atoms with van der Waals surface area (Å²) in [5.41, 5.74) is -0.539. The molecule has 2 N–H and O–H groups in total. The van der Waals surface area contributed by atoms with Crippen molar-refractivity contribution in [1.29, 1.82) is 0 Å². The van der Waals surface area contributed by atoms with E-state index in [0.29, 0.717) is 5.69 Å². The molecule has 18 heavy (non-hydrogen) atoms. The number of anilines is 1. The minimum Gasteiger partial charge on any atom is -0.480 e. The fraction of sp³-hybridized carbons (Fsp3) is 0.417. The molecule has 0 saturated carbocycles. The van der Waals surface area contributed by atoms with Crippen molar-refractivity contribution in [3.8, 4) is 0 Å². The molecule has 0 spiro atoms. The van der Waals surface area contributed by atoms with Crippen LogP contribution in [0.3, 0.4) is 0 Å². The second-order valence-electron chi connectivity index (χ2n) is 4.48. The lowest BCUT2D eigenvalue weighted by Crippen LogP contribution is -2.39. The van der Waals surface area contributed by atoms with E-state index < -0.39 is 21.3 Å². The number of nitrogens with one attached hydrogen (secondary N) is 1. The Kier molecular flexibility index (Phi) is 4.01. The molecule has 0 bridgehead atoms. The van der Waals surface area contributed by atoms with Gasteiger partial charge in [0.1, 0.15) is 5.54 Å². The van der Waals surface area contributed by atoms with Crippen molar-refractivity contribution in [2.45, 2.75) is 31.2 Å². The molecule has 0 heterocycles. The number of sulfone groups is 1. The van der Waals surface area contributed by atoms with Crippen LogP contribution < -0.4 is 5.32 Å². The molecule has 0 aliphatic heterocycles. The van der Waals surface area contributed by atoms with Crippen LogP contribution in [0.25, 0.3) is 0 Å². The van der Waals surface area contributed by atoms with Gasteiger partial charge in [-0.15, -0.1) is 0 Å². The van der Waals surface area contributed by atoms with Crippen molar-refractivity contribution in [2.75, 3.05) is 11.1 Å². The van der Waals surface area contributed by atoms with Gasteiger partial charge in [0.15, 0.2) is 9.84 Å². The first kappa shape index (κ1) is 14.5. The molecule has 1 aromatic carbocycles. The number of carbonyl (C=O) groups is 1. The summed E-state index contributed by atoms with van der Waals surface area (Å²) in [6.07, 6.45) is 0. The molecule has 5 nitrogen and oxygen atoms in total. The molecule has 100 valence electrons. The third-order valence-electron chi connectivity index (χ3n) is 2.58. The first-order valence-electron chi connectivity index (χ1n) is 5.53. The van der Waals surface area contributed by atoms with Crippen LogP contribution in [0.1, 0.15) is 20.8 Å². The molecule has 1 rings (SSSR count). The van der Waals surface area contributed by atoms with Gasteiger partial charge in [0.25, 0.3) is 0 Å². The zero-order valence-electron chi connectivity index (χ0n) is 10.6. The highest BCUT2D eigenvalue weighted by Crippen LogP contribution is 2.19. The van der Waals surface area contributed by atoms with E-state index in [9.17, 15) is 13.2 Å². The fourth-order valence-electron chi connectivity index (χ4n) is 1.33. The number of benzene rings is 1. The summed E-state index contributed by atoms with van der Waals surface area (Å²) in [7, 11) is -3.22. The topological polar surface area (TPSA) is 83.5 Å². The van der Waals surface area contributed by atoms with Gasteiger partial charge in [-0.2, -0.15) is 0 Å². The lowest BCUT2D eigenvalue weighted by molar-refractivity contribution is -0.141. The van der Waals surface area contributed by atoms with Gasteiger partial charge in [0, 0.05) is 5.69 Å². The van der Waals surface area contributed by atoms with Crippen LogP contribution in [0.4, 0.5) is 5.69 Å². The second-order valence-corrected chi connectivity index (χ2v) is 6.76. The van der Waals surface area contributed by atoms with E-state index in [1.165, 1.54) is 26.0 Å². The van der Waals surface area contributed by atoms with Crippen molar-refractivity contribution in [1.82, 2.24) is 0 Å². The SMILES string of the molecule is CCS(=O)(=O)c1ccc(NC(C)(C)C(=O)O)cc1. The molecule has 1 aromatic rings. The van der Waals surface area contributed by atoms with Crippen molar-refractivity contribution >= 4 is 21.5 Å². The van der Waals surface area contributed by atoms with Crippen LogP contribution in [0.15, 0.2) is 29.2 Å². The van der Waals surface area contributed by atoms with Crippen molar-refractivity contribution < 1.29 is 18.3 Å². The molecule has 0 saturated heterocycles. The number of hydrogen-bond acceptors (Lipinski definition) is 4. The number of carboxylic acid groups (broad SMARTS) is 1. The molecule has 0 aliphatic carbocycles. The van der Waals surface area contributed by atoms with Crippen molar-refractivity contribution in [3.05, 3.63) is 24.3 Å². The molecule has 0 radical (unpaired) electrons. The fourth-order valence-corrected chi connectivity index (χ4v) is 2.21. The highest BCUT2D eigenvalue weighted by atomic mass is 32.2. The van der Waals surface area contributed by atoms with Gasteiger partial charge in [-0.1, -0.05) is 6.92 Å². The van der Waals surface area contributed by atoms with Gasteiger partial charge >= 0.3 is 5.97 Å². The Morgan fingerprint density at radius 3 is 2.17 bits per heavy atom. The van der Waals surface area contributed by atoms with Gasteiger partial charge < -0.3 is 10.4 Å². The van der Waals surface area contributed by atoms with E-state index in [0.717, 1.165) is 0 Å². The Hall–Kier alpha value is -1.56. The maximum atomic E-state index is 11.6. The smallest absolute Gasteiger partial charge is 0.328 e. The summed E-state index contributed by atoms with van der Waals surface area (Å²) in [5, 5.41) is 11.8. The molecule has 0 amide bonds. The van der Waals surface area contributed by atoms with E-state index in [1.807, 2.05) is 0 Å². The van der Waals surface area contributed by atoms with E-state index in [2.05, 4.69) is 5.32 Å². The first-order valence-corrected chi connectivity index (χ1v) is 7.18. The second kappa shape index (κ2) is 4.97. The third-order valence-corrected chi connectivity index (χ3v) is 4.34. The zero-order chi connectivity index (χ0) is 14.0. The number of hydrogen-bond donors (Lipinski definition) is 2. The highest BCUT2D eigenvalue weighted by Gasteiger charge is 2.26. The van der Waals surface area contributed by atoms with Crippen LogP contribution in [0.2, 0.25) is 0 Å². The third kappa shape index (κ3) is 3.22. The molecule has 0 unspecified atom stereocenters. The Morgan fingerprint density at radius 2 is 1.78 bits per heavy atom. The Balaban J connectivity index is 2.95. The number of carboxylic acids is 1.